The molecule has 0 bridgehead atoms. The Morgan fingerprint density at radius 1 is 0.667 bits per heavy atom. The molecular weight excluding hydrogens is 260 g/mol. The molecule has 0 aromatic rings. The molecule has 0 spiro atoms. The van der Waals surface area contributed by atoms with Gasteiger partial charge in [0.05, 0.1) is 0 Å². The molecule has 0 heterocycles. The highest BCUT2D eigenvalue weighted by Gasteiger charge is 2.19. The van der Waals surface area contributed by atoms with E-state index in [-0.39, 0.29) is 0 Å². The zero-order valence-electron chi connectivity index (χ0n) is 14.0. The highest BCUT2D eigenvalue weighted by Crippen LogP contribution is 2.34. The SMILES string of the molecule is O=C(O)CCCCCCCCCCCCCCCC1CC1. The molecule has 1 rings (SSSR count). The zero-order chi connectivity index (χ0) is 15.2. The van der Waals surface area contributed by atoms with Gasteiger partial charge in [0.2, 0.25) is 0 Å². The average molecular weight is 296 g/mol. The summed E-state index contributed by atoms with van der Waals surface area (Å²) in [6, 6.07) is 0. The van der Waals surface area contributed by atoms with Crippen molar-refractivity contribution in [3.05, 3.63) is 0 Å². The van der Waals surface area contributed by atoms with Crippen LogP contribution in [0.2, 0.25) is 0 Å². The third-order valence-electron chi connectivity index (χ3n) is 4.70. The number of carboxylic acids is 1. The van der Waals surface area contributed by atoms with Gasteiger partial charge in [-0.15, -0.1) is 0 Å². The van der Waals surface area contributed by atoms with Crippen LogP contribution in [0.25, 0.3) is 0 Å². The summed E-state index contributed by atoms with van der Waals surface area (Å²) in [5, 5.41) is 8.53. The van der Waals surface area contributed by atoms with E-state index < -0.39 is 5.97 Å². The third-order valence-corrected chi connectivity index (χ3v) is 4.70. The molecule has 0 radical (unpaired) electrons. The summed E-state index contributed by atoms with van der Waals surface area (Å²) < 4.78 is 0. The van der Waals surface area contributed by atoms with Crippen LogP contribution in [0.1, 0.15) is 109 Å². The molecule has 0 aromatic heterocycles. The monoisotopic (exact) mass is 296 g/mol. The minimum Gasteiger partial charge on any atom is -0.481 e. The Balaban J connectivity index is 1.62. The summed E-state index contributed by atoms with van der Waals surface area (Å²) in [4.78, 5) is 10.4. The Hall–Kier alpha value is -0.530. The first-order valence-electron chi connectivity index (χ1n) is 9.51. The van der Waals surface area contributed by atoms with Gasteiger partial charge in [0.1, 0.15) is 0 Å². The van der Waals surface area contributed by atoms with Crippen molar-refractivity contribution in [3.63, 3.8) is 0 Å². The van der Waals surface area contributed by atoms with E-state index in [1.54, 1.807) is 0 Å². The molecule has 1 aliphatic rings. The van der Waals surface area contributed by atoms with E-state index >= 15 is 0 Å². The van der Waals surface area contributed by atoms with Crippen LogP contribution in [0.4, 0.5) is 0 Å². The molecule has 0 atom stereocenters. The standard InChI is InChI=1S/C19H36O2/c20-19(21)15-13-11-9-7-5-3-1-2-4-6-8-10-12-14-18-16-17-18/h18H,1-17H2,(H,20,21). The van der Waals surface area contributed by atoms with E-state index in [4.69, 9.17) is 5.11 Å². The van der Waals surface area contributed by atoms with Crippen LogP contribution in [0.15, 0.2) is 0 Å². The van der Waals surface area contributed by atoms with Gasteiger partial charge in [-0.1, -0.05) is 96.3 Å². The largest absolute Gasteiger partial charge is 0.481 e. The Bertz CT molecular complexity index is 246. The van der Waals surface area contributed by atoms with E-state index in [9.17, 15) is 4.79 Å². The predicted octanol–water partition coefficient (Wildman–Crippen LogP) is 6.33. The molecule has 0 unspecified atom stereocenters. The van der Waals surface area contributed by atoms with Crippen molar-refractivity contribution in [2.24, 2.45) is 5.92 Å². The summed E-state index contributed by atoms with van der Waals surface area (Å²) in [5.41, 5.74) is 0. The van der Waals surface area contributed by atoms with Crippen LogP contribution in [0.3, 0.4) is 0 Å². The zero-order valence-corrected chi connectivity index (χ0v) is 14.0. The third kappa shape index (κ3) is 14.2. The van der Waals surface area contributed by atoms with Crippen molar-refractivity contribution in [2.45, 2.75) is 109 Å². The minimum absolute atomic E-state index is 0.348. The molecule has 1 fully saturated rings. The maximum absolute atomic E-state index is 10.4. The molecule has 2 nitrogen and oxygen atoms in total. The summed E-state index contributed by atoms with van der Waals surface area (Å²) in [6.07, 6.45) is 22.1. The van der Waals surface area contributed by atoms with Gasteiger partial charge in [0, 0.05) is 6.42 Å². The highest BCUT2D eigenvalue weighted by molar-refractivity contribution is 5.66. The first-order valence-corrected chi connectivity index (χ1v) is 9.51. The number of carboxylic acid groups (broad SMARTS) is 1. The summed E-state index contributed by atoms with van der Waals surface area (Å²) in [5.74, 6) is 0.469. The van der Waals surface area contributed by atoms with Crippen molar-refractivity contribution in [1.82, 2.24) is 0 Å². The average Bonchev–Trinajstić information content (AvgIpc) is 3.27. The fraction of sp³-hybridized carbons (Fsp3) is 0.947. The molecule has 0 aliphatic heterocycles. The molecule has 1 saturated carbocycles. The first-order chi connectivity index (χ1) is 10.3. The quantitative estimate of drug-likeness (QED) is 0.338. The van der Waals surface area contributed by atoms with E-state index in [0.717, 1.165) is 18.8 Å². The smallest absolute Gasteiger partial charge is 0.303 e. The number of aliphatic carboxylic acids is 1. The normalized spacial score (nSPS) is 14.5. The van der Waals surface area contributed by atoms with E-state index in [0.29, 0.717) is 6.42 Å². The maximum atomic E-state index is 10.4. The Labute approximate surface area is 131 Å². The van der Waals surface area contributed by atoms with Crippen molar-refractivity contribution in [3.8, 4) is 0 Å². The van der Waals surface area contributed by atoms with E-state index in [2.05, 4.69) is 0 Å². The lowest BCUT2D eigenvalue weighted by molar-refractivity contribution is -0.137. The molecule has 1 N–H and O–H groups in total. The molecule has 2 heteroatoms. The first kappa shape index (κ1) is 18.5. The fourth-order valence-corrected chi connectivity index (χ4v) is 3.06. The van der Waals surface area contributed by atoms with Crippen LogP contribution in [-0.2, 0) is 4.79 Å². The topological polar surface area (TPSA) is 37.3 Å². The lowest BCUT2D eigenvalue weighted by Crippen LogP contribution is -1.93. The van der Waals surface area contributed by atoms with Crippen molar-refractivity contribution in [1.29, 1.82) is 0 Å². The minimum atomic E-state index is -0.650. The molecule has 0 amide bonds. The molecular formula is C19H36O2. The predicted molar refractivity (Wildman–Crippen MR) is 89.6 cm³/mol. The number of rotatable bonds is 16. The number of hydrogen-bond donors (Lipinski definition) is 1. The van der Waals surface area contributed by atoms with Gasteiger partial charge in [-0.25, -0.2) is 0 Å². The maximum Gasteiger partial charge on any atom is 0.303 e. The van der Waals surface area contributed by atoms with Gasteiger partial charge in [-0.3, -0.25) is 4.79 Å². The molecule has 21 heavy (non-hydrogen) atoms. The summed E-state index contributed by atoms with van der Waals surface area (Å²) in [6.45, 7) is 0. The second-order valence-electron chi connectivity index (χ2n) is 6.97. The number of hydrogen-bond acceptors (Lipinski definition) is 1. The van der Waals surface area contributed by atoms with Crippen LogP contribution in [0, 0.1) is 5.92 Å². The van der Waals surface area contributed by atoms with Crippen LogP contribution >= 0.6 is 0 Å². The van der Waals surface area contributed by atoms with Crippen LogP contribution < -0.4 is 0 Å². The van der Waals surface area contributed by atoms with E-state index in [1.807, 2.05) is 0 Å². The molecule has 1 aliphatic carbocycles. The molecule has 0 saturated heterocycles. The van der Waals surface area contributed by atoms with Gasteiger partial charge in [0.25, 0.3) is 0 Å². The van der Waals surface area contributed by atoms with Gasteiger partial charge >= 0.3 is 5.97 Å². The summed E-state index contributed by atoms with van der Waals surface area (Å²) in [7, 11) is 0. The fourth-order valence-electron chi connectivity index (χ4n) is 3.06. The molecule has 0 aromatic carbocycles. The second-order valence-corrected chi connectivity index (χ2v) is 6.97. The van der Waals surface area contributed by atoms with Gasteiger partial charge < -0.3 is 5.11 Å². The lowest BCUT2D eigenvalue weighted by Gasteiger charge is -2.03. The second kappa shape index (κ2) is 13.2. The number of carbonyl (C=O) groups is 1. The Morgan fingerprint density at radius 2 is 1.05 bits per heavy atom. The Kier molecular flexibility index (Phi) is 11.6. The van der Waals surface area contributed by atoms with Crippen LogP contribution in [0.5, 0.6) is 0 Å². The Morgan fingerprint density at radius 3 is 1.43 bits per heavy atom. The molecule has 124 valence electrons. The van der Waals surface area contributed by atoms with E-state index in [1.165, 1.54) is 89.9 Å². The van der Waals surface area contributed by atoms with Crippen molar-refractivity contribution in [2.75, 3.05) is 0 Å². The van der Waals surface area contributed by atoms with Gasteiger partial charge in [-0.05, 0) is 12.3 Å². The highest BCUT2D eigenvalue weighted by atomic mass is 16.4. The van der Waals surface area contributed by atoms with Crippen molar-refractivity contribution >= 4 is 5.97 Å². The van der Waals surface area contributed by atoms with Crippen molar-refractivity contribution < 1.29 is 9.90 Å². The number of unbranched alkanes of at least 4 members (excludes halogenated alkanes) is 12. The van der Waals surface area contributed by atoms with Gasteiger partial charge in [0.15, 0.2) is 0 Å². The van der Waals surface area contributed by atoms with Crippen LogP contribution in [-0.4, -0.2) is 11.1 Å². The van der Waals surface area contributed by atoms with Gasteiger partial charge in [-0.2, -0.15) is 0 Å². The summed E-state index contributed by atoms with van der Waals surface area (Å²) >= 11 is 0. The lowest BCUT2D eigenvalue weighted by atomic mass is 10.0.